The normalized spacial score (nSPS) is 10.8. The molecule has 0 aliphatic heterocycles. The molecule has 0 aliphatic carbocycles. The lowest BCUT2D eigenvalue weighted by Gasteiger charge is -2.07. The number of nitrogens with zero attached hydrogens (tertiary/aromatic N) is 2. The first-order chi connectivity index (χ1) is 14.9. The molecule has 2 aromatic carbocycles. The number of hydrogen-bond donors (Lipinski definition) is 1. The zero-order chi connectivity index (χ0) is 22.0. The van der Waals surface area contributed by atoms with E-state index in [1.807, 2.05) is 13.0 Å². The first kappa shape index (κ1) is 21.2. The van der Waals surface area contributed by atoms with Gasteiger partial charge in [0.15, 0.2) is 5.58 Å². The summed E-state index contributed by atoms with van der Waals surface area (Å²) in [6.07, 6.45) is 0. The molecule has 0 bridgehead atoms. The Balaban J connectivity index is 1.55. The van der Waals surface area contributed by atoms with Crippen LogP contribution in [0.2, 0.25) is 0 Å². The minimum Gasteiger partial charge on any atom is -0.477 e. The molecule has 31 heavy (non-hydrogen) atoms. The number of hydrogen-bond acceptors (Lipinski definition) is 6. The van der Waals surface area contributed by atoms with E-state index < -0.39 is 11.5 Å². The van der Waals surface area contributed by atoms with Crippen LogP contribution in [-0.4, -0.2) is 22.7 Å². The molecule has 0 saturated carbocycles. The Kier molecular flexibility index (Phi) is 6.15. The van der Waals surface area contributed by atoms with Crippen LogP contribution in [-0.2, 0) is 0 Å². The molecule has 0 spiro atoms. The molecule has 0 aliphatic rings. The van der Waals surface area contributed by atoms with E-state index in [-0.39, 0.29) is 5.56 Å². The predicted octanol–water partition coefficient (Wildman–Crippen LogP) is 5.43. The van der Waals surface area contributed by atoms with Gasteiger partial charge in [0.05, 0.1) is 16.8 Å². The summed E-state index contributed by atoms with van der Waals surface area (Å²) in [5, 5.41) is 11.5. The molecule has 2 heterocycles. The number of nitrogens with one attached hydrogen (secondary N) is 1. The minimum atomic E-state index is -0.714. The van der Waals surface area contributed by atoms with Crippen LogP contribution in [0.25, 0.3) is 22.2 Å². The van der Waals surface area contributed by atoms with E-state index in [2.05, 4.69) is 47.4 Å². The van der Waals surface area contributed by atoms with Crippen molar-refractivity contribution in [2.24, 2.45) is 0 Å². The summed E-state index contributed by atoms with van der Waals surface area (Å²) in [5.74, 6) is -0.0937. The van der Waals surface area contributed by atoms with Crippen LogP contribution >= 0.6 is 31.9 Å². The molecule has 156 valence electrons. The Bertz CT molecular complexity index is 1320. The van der Waals surface area contributed by atoms with Gasteiger partial charge in [0.2, 0.25) is 5.88 Å². The average molecular weight is 545 g/mol. The van der Waals surface area contributed by atoms with Gasteiger partial charge >= 0.3 is 5.63 Å². The zero-order valence-electron chi connectivity index (χ0n) is 16.2. The summed E-state index contributed by atoms with van der Waals surface area (Å²) in [6, 6.07) is 15.7. The average Bonchev–Trinajstić information content (AvgIpc) is 2.75. The molecule has 9 heteroatoms. The Hall–Kier alpha value is -3.04. The zero-order valence-corrected chi connectivity index (χ0v) is 19.4. The van der Waals surface area contributed by atoms with E-state index in [1.165, 1.54) is 6.07 Å². The highest BCUT2D eigenvalue weighted by Gasteiger charge is 2.16. The van der Waals surface area contributed by atoms with E-state index >= 15 is 0 Å². The van der Waals surface area contributed by atoms with Crippen molar-refractivity contribution in [2.75, 3.05) is 11.9 Å². The molecule has 4 aromatic rings. The summed E-state index contributed by atoms with van der Waals surface area (Å²) in [5.41, 5.74) is 1.61. The second-order valence-electron chi connectivity index (χ2n) is 6.47. The third-order valence-corrected chi connectivity index (χ3v) is 5.41. The van der Waals surface area contributed by atoms with Crippen molar-refractivity contribution in [1.29, 1.82) is 0 Å². The molecule has 2 aromatic heterocycles. The third kappa shape index (κ3) is 4.67. The number of amides is 1. The van der Waals surface area contributed by atoms with Gasteiger partial charge < -0.3 is 14.5 Å². The summed E-state index contributed by atoms with van der Waals surface area (Å²) in [6.45, 7) is 2.40. The second-order valence-corrected chi connectivity index (χ2v) is 8.24. The highest BCUT2D eigenvalue weighted by atomic mass is 79.9. The number of rotatable bonds is 5. The molecule has 0 unspecified atom stereocenters. The SMILES string of the molecule is CCOc1ccc(-c2ccc(NC(=O)c3cc4cc(Br)cc(Br)c4oc3=O)cc2)nn1. The lowest BCUT2D eigenvalue weighted by molar-refractivity contribution is 0.102. The van der Waals surface area contributed by atoms with Gasteiger partial charge in [-0.15, -0.1) is 10.2 Å². The second kappa shape index (κ2) is 8.99. The van der Waals surface area contributed by atoms with Crippen molar-refractivity contribution in [1.82, 2.24) is 10.2 Å². The van der Waals surface area contributed by atoms with Crippen LogP contribution in [0.3, 0.4) is 0 Å². The fourth-order valence-corrected chi connectivity index (χ4v) is 4.28. The van der Waals surface area contributed by atoms with Gasteiger partial charge in [-0.2, -0.15) is 0 Å². The quantitative estimate of drug-likeness (QED) is 0.337. The smallest absolute Gasteiger partial charge is 0.349 e. The van der Waals surface area contributed by atoms with Gasteiger partial charge in [0.25, 0.3) is 5.91 Å². The van der Waals surface area contributed by atoms with Crippen LogP contribution in [0.5, 0.6) is 5.88 Å². The van der Waals surface area contributed by atoms with Gasteiger partial charge in [-0.05, 0) is 59.3 Å². The Labute approximate surface area is 193 Å². The van der Waals surface area contributed by atoms with Crippen molar-refractivity contribution >= 4 is 54.4 Å². The van der Waals surface area contributed by atoms with E-state index in [0.29, 0.717) is 39.3 Å². The summed E-state index contributed by atoms with van der Waals surface area (Å²) in [4.78, 5) is 25.0. The minimum absolute atomic E-state index is 0.0843. The van der Waals surface area contributed by atoms with Crippen LogP contribution in [0.15, 0.2) is 72.8 Å². The number of ether oxygens (including phenoxy) is 1. The molecular formula is C22H15Br2N3O4. The molecule has 0 saturated heterocycles. The van der Waals surface area contributed by atoms with Gasteiger partial charge in [-0.3, -0.25) is 4.79 Å². The fourth-order valence-electron chi connectivity index (χ4n) is 2.94. The molecule has 1 amide bonds. The number of carbonyl (C=O) groups is 1. The van der Waals surface area contributed by atoms with E-state index in [9.17, 15) is 9.59 Å². The molecule has 0 radical (unpaired) electrons. The van der Waals surface area contributed by atoms with Crippen LogP contribution in [0.1, 0.15) is 17.3 Å². The van der Waals surface area contributed by atoms with E-state index in [0.717, 1.165) is 10.0 Å². The summed E-state index contributed by atoms with van der Waals surface area (Å²) < 4.78 is 12.0. The van der Waals surface area contributed by atoms with Crippen molar-refractivity contribution in [3.63, 3.8) is 0 Å². The lowest BCUT2D eigenvalue weighted by Crippen LogP contribution is -2.20. The van der Waals surface area contributed by atoms with E-state index in [4.69, 9.17) is 9.15 Å². The molecule has 7 nitrogen and oxygen atoms in total. The topological polar surface area (TPSA) is 94.3 Å². The molecule has 0 fully saturated rings. The standard InChI is InChI=1S/C22H15Br2N3O4/c1-2-30-19-8-7-18(26-27-19)12-3-5-15(6-4-12)25-21(28)16-10-13-9-14(23)11-17(24)20(13)31-22(16)29/h3-11H,2H2,1H3,(H,25,28). The lowest BCUT2D eigenvalue weighted by atomic mass is 10.1. The largest absolute Gasteiger partial charge is 0.477 e. The maximum absolute atomic E-state index is 12.7. The van der Waals surface area contributed by atoms with Crippen molar-refractivity contribution in [3.8, 4) is 17.1 Å². The van der Waals surface area contributed by atoms with Gasteiger partial charge in [0.1, 0.15) is 5.56 Å². The predicted molar refractivity (Wildman–Crippen MR) is 124 cm³/mol. The van der Waals surface area contributed by atoms with Gasteiger partial charge in [0, 0.05) is 27.2 Å². The summed E-state index contributed by atoms with van der Waals surface area (Å²) >= 11 is 6.74. The first-order valence-electron chi connectivity index (χ1n) is 9.26. The monoisotopic (exact) mass is 543 g/mol. The molecular weight excluding hydrogens is 530 g/mol. The van der Waals surface area contributed by atoms with Crippen LogP contribution in [0, 0.1) is 0 Å². The van der Waals surface area contributed by atoms with Crippen LogP contribution < -0.4 is 15.7 Å². The highest BCUT2D eigenvalue weighted by molar-refractivity contribution is 9.11. The number of fused-ring (bicyclic) bond motifs is 1. The summed E-state index contributed by atoms with van der Waals surface area (Å²) in [7, 11) is 0. The maximum Gasteiger partial charge on any atom is 0.349 e. The highest BCUT2D eigenvalue weighted by Crippen LogP contribution is 2.28. The number of carbonyl (C=O) groups excluding carboxylic acids is 1. The van der Waals surface area contributed by atoms with Crippen molar-refractivity contribution < 1.29 is 13.9 Å². The molecule has 4 rings (SSSR count). The molecule has 1 N–H and O–H groups in total. The van der Waals surface area contributed by atoms with Crippen molar-refractivity contribution in [3.05, 3.63) is 79.5 Å². The number of anilines is 1. The Morgan fingerprint density at radius 3 is 2.52 bits per heavy atom. The van der Waals surface area contributed by atoms with Gasteiger partial charge in [-0.25, -0.2) is 4.79 Å². The Morgan fingerprint density at radius 2 is 1.84 bits per heavy atom. The van der Waals surface area contributed by atoms with Crippen LogP contribution in [0.4, 0.5) is 5.69 Å². The number of aromatic nitrogens is 2. The number of benzene rings is 2. The maximum atomic E-state index is 12.7. The Morgan fingerprint density at radius 1 is 1.06 bits per heavy atom. The van der Waals surface area contributed by atoms with Gasteiger partial charge in [-0.1, -0.05) is 28.1 Å². The number of halogens is 2. The molecule has 0 atom stereocenters. The van der Waals surface area contributed by atoms with Crippen molar-refractivity contribution in [2.45, 2.75) is 6.92 Å². The first-order valence-corrected chi connectivity index (χ1v) is 10.8. The third-order valence-electron chi connectivity index (χ3n) is 4.37. The van der Waals surface area contributed by atoms with E-state index in [1.54, 1.807) is 42.5 Å². The fraction of sp³-hybridized carbons (Fsp3) is 0.0909.